The van der Waals surface area contributed by atoms with Gasteiger partial charge in [-0.2, -0.15) is 0 Å². The van der Waals surface area contributed by atoms with Gasteiger partial charge in [0.05, 0.1) is 15.6 Å². The Balaban J connectivity index is 1.73. The summed E-state index contributed by atoms with van der Waals surface area (Å²) in [5, 5.41) is 2.78. The fourth-order valence-corrected chi connectivity index (χ4v) is 5.87. The molecule has 5 nitrogen and oxygen atoms in total. The van der Waals surface area contributed by atoms with Crippen LogP contribution >= 0.6 is 11.6 Å². The summed E-state index contributed by atoms with van der Waals surface area (Å²) >= 11 is 6.19. The minimum Gasteiger partial charge on any atom is -0.352 e. The van der Waals surface area contributed by atoms with Gasteiger partial charge in [0, 0.05) is 17.2 Å². The van der Waals surface area contributed by atoms with E-state index in [9.17, 15) is 17.6 Å². The molecule has 2 aromatic rings. The van der Waals surface area contributed by atoms with E-state index in [1.807, 2.05) is 0 Å². The smallest absolute Gasteiger partial charge is 0.265 e. The second kappa shape index (κ2) is 7.37. The number of halogens is 2. The standard InChI is InChI=1S/C20H20ClFN2O3S/c21-20-15(22)10-11-16-19(20)14-8-4-5-9-17(14)28(26,27)24(16)12-18(25)23-13-6-2-1-3-7-13/h4-5,8-11,13H,1-3,6-7,12H2,(H,23,25). The Morgan fingerprint density at radius 3 is 2.61 bits per heavy atom. The molecule has 1 saturated carbocycles. The van der Waals surface area contributed by atoms with E-state index in [0.717, 1.165) is 42.5 Å². The fourth-order valence-electron chi connectivity index (χ4n) is 3.97. The number of fused-ring (bicyclic) bond motifs is 3. The van der Waals surface area contributed by atoms with Crippen molar-refractivity contribution in [2.24, 2.45) is 0 Å². The van der Waals surface area contributed by atoms with E-state index >= 15 is 0 Å². The van der Waals surface area contributed by atoms with Crippen LogP contribution in [0.2, 0.25) is 5.02 Å². The first-order chi connectivity index (χ1) is 13.4. The monoisotopic (exact) mass is 422 g/mol. The molecule has 0 bridgehead atoms. The number of rotatable bonds is 3. The van der Waals surface area contributed by atoms with Gasteiger partial charge in [0.1, 0.15) is 12.4 Å². The van der Waals surface area contributed by atoms with E-state index in [0.29, 0.717) is 5.56 Å². The summed E-state index contributed by atoms with van der Waals surface area (Å²) in [5.41, 5.74) is 0.840. The predicted molar refractivity (Wildman–Crippen MR) is 106 cm³/mol. The Morgan fingerprint density at radius 1 is 1.14 bits per heavy atom. The number of nitrogens with zero attached hydrogens (tertiary/aromatic N) is 1. The van der Waals surface area contributed by atoms with Crippen LogP contribution in [-0.4, -0.2) is 26.9 Å². The normalized spacial score (nSPS) is 18.3. The number of sulfonamides is 1. The highest BCUT2D eigenvalue weighted by Gasteiger charge is 2.37. The number of carbonyl (C=O) groups excluding carboxylic acids is 1. The number of nitrogens with one attached hydrogen (secondary N) is 1. The molecule has 4 rings (SSSR count). The van der Waals surface area contributed by atoms with Crippen LogP contribution in [0.3, 0.4) is 0 Å². The zero-order chi connectivity index (χ0) is 19.9. The van der Waals surface area contributed by atoms with Crippen LogP contribution in [0.15, 0.2) is 41.3 Å². The van der Waals surface area contributed by atoms with Gasteiger partial charge < -0.3 is 5.32 Å². The lowest BCUT2D eigenvalue weighted by atomic mass is 9.95. The van der Waals surface area contributed by atoms with E-state index in [-0.39, 0.29) is 39.7 Å². The summed E-state index contributed by atoms with van der Waals surface area (Å²) in [4.78, 5) is 12.6. The SMILES string of the molecule is O=C(CN1c2ccc(F)c(Cl)c2-c2ccccc2S1(=O)=O)NC1CCCCC1. The van der Waals surface area contributed by atoms with E-state index in [4.69, 9.17) is 11.6 Å². The molecule has 1 N–H and O–H groups in total. The summed E-state index contributed by atoms with van der Waals surface area (Å²) in [6.07, 6.45) is 5.06. The van der Waals surface area contributed by atoms with Crippen molar-refractivity contribution in [1.82, 2.24) is 5.32 Å². The average Bonchev–Trinajstić information content (AvgIpc) is 2.68. The first kappa shape index (κ1) is 19.2. The van der Waals surface area contributed by atoms with Crippen LogP contribution in [0, 0.1) is 5.82 Å². The molecule has 0 unspecified atom stereocenters. The topological polar surface area (TPSA) is 66.5 Å². The minimum absolute atomic E-state index is 0.0143. The summed E-state index contributed by atoms with van der Waals surface area (Å²) in [7, 11) is -3.97. The molecule has 0 aromatic heterocycles. The quantitative estimate of drug-likeness (QED) is 0.809. The molecular formula is C20H20ClFN2O3S. The molecule has 1 amide bonds. The van der Waals surface area contributed by atoms with Crippen molar-refractivity contribution < 1.29 is 17.6 Å². The third kappa shape index (κ3) is 3.26. The van der Waals surface area contributed by atoms with Gasteiger partial charge >= 0.3 is 0 Å². The molecule has 28 heavy (non-hydrogen) atoms. The largest absolute Gasteiger partial charge is 0.352 e. The number of amides is 1. The number of hydrogen-bond acceptors (Lipinski definition) is 3. The van der Waals surface area contributed by atoms with Crippen LogP contribution < -0.4 is 9.62 Å². The fraction of sp³-hybridized carbons (Fsp3) is 0.350. The van der Waals surface area contributed by atoms with Gasteiger partial charge in [-0.3, -0.25) is 9.10 Å². The third-order valence-electron chi connectivity index (χ3n) is 5.32. The molecule has 148 valence electrons. The number of hydrogen-bond donors (Lipinski definition) is 1. The first-order valence-electron chi connectivity index (χ1n) is 9.29. The lowest BCUT2D eigenvalue weighted by Crippen LogP contribution is -2.45. The van der Waals surface area contributed by atoms with Crippen molar-refractivity contribution >= 4 is 33.2 Å². The van der Waals surface area contributed by atoms with Crippen molar-refractivity contribution in [3.8, 4) is 11.1 Å². The molecule has 2 aromatic carbocycles. The highest BCUT2D eigenvalue weighted by Crippen LogP contribution is 2.47. The molecule has 1 fully saturated rings. The van der Waals surface area contributed by atoms with Crippen molar-refractivity contribution in [2.75, 3.05) is 10.8 Å². The van der Waals surface area contributed by atoms with Crippen molar-refractivity contribution in [2.45, 2.75) is 43.0 Å². The lowest BCUT2D eigenvalue weighted by Gasteiger charge is -2.33. The molecule has 1 heterocycles. The Kier molecular flexibility index (Phi) is 5.05. The van der Waals surface area contributed by atoms with E-state index in [1.54, 1.807) is 18.2 Å². The highest BCUT2D eigenvalue weighted by molar-refractivity contribution is 7.93. The highest BCUT2D eigenvalue weighted by atomic mass is 35.5. The Hall–Kier alpha value is -2.12. The Bertz CT molecular complexity index is 1040. The Labute approximate surface area is 168 Å². The summed E-state index contributed by atoms with van der Waals surface area (Å²) in [6.45, 7) is -0.373. The van der Waals surface area contributed by atoms with E-state index < -0.39 is 15.8 Å². The zero-order valence-corrected chi connectivity index (χ0v) is 16.7. The number of carbonyl (C=O) groups is 1. The maximum Gasteiger partial charge on any atom is 0.265 e. The summed E-state index contributed by atoms with van der Waals surface area (Å²) < 4.78 is 41.5. The maximum absolute atomic E-state index is 14.1. The lowest BCUT2D eigenvalue weighted by molar-refractivity contribution is -0.120. The van der Waals surface area contributed by atoms with Crippen molar-refractivity contribution in [3.05, 3.63) is 47.2 Å². The van der Waals surface area contributed by atoms with Gasteiger partial charge in [-0.25, -0.2) is 12.8 Å². The Morgan fingerprint density at radius 2 is 1.86 bits per heavy atom. The predicted octanol–water partition coefficient (Wildman–Crippen LogP) is 4.10. The second-order valence-corrected chi connectivity index (χ2v) is 9.37. The van der Waals surface area contributed by atoms with Gasteiger partial charge in [-0.05, 0) is 31.0 Å². The molecule has 0 atom stereocenters. The van der Waals surface area contributed by atoms with Gasteiger partial charge in [0.2, 0.25) is 5.91 Å². The van der Waals surface area contributed by atoms with Crippen LogP contribution in [-0.2, 0) is 14.8 Å². The van der Waals surface area contributed by atoms with Crippen LogP contribution in [0.5, 0.6) is 0 Å². The number of anilines is 1. The van der Waals surface area contributed by atoms with Crippen LogP contribution in [0.25, 0.3) is 11.1 Å². The number of benzene rings is 2. The summed E-state index contributed by atoms with van der Waals surface area (Å²) in [5.74, 6) is -1.01. The third-order valence-corrected chi connectivity index (χ3v) is 7.51. The molecule has 2 aliphatic rings. The molecule has 1 aliphatic carbocycles. The van der Waals surface area contributed by atoms with E-state index in [1.165, 1.54) is 12.1 Å². The molecule has 8 heteroatoms. The van der Waals surface area contributed by atoms with Crippen LogP contribution in [0.1, 0.15) is 32.1 Å². The zero-order valence-electron chi connectivity index (χ0n) is 15.1. The van der Waals surface area contributed by atoms with Crippen molar-refractivity contribution in [1.29, 1.82) is 0 Å². The van der Waals surface area contributed by atoms with E-state index in [2.05, 4.69) is 5.32 Å². The van der Waals surface area contributed by atoms with Gasteiger partial charge in [0.25, 0.3) is 10.0 Å². The summed E-state index contributed by atoms with van der Waals surface area (Å²) in [6, 6.07) is 8.85. The van der Waals surface area contributed by atoms with Gasteiger partial charge in [0.15, 0.2) is 0 Å². The molecule has 0 radical (unpaired) electrons. The molecule has 0 spiro atoms. The first-order valence-corrected chi connectivity index (χ1v) is 11.1. The van der Waals surface area contributed by atoms with Gasteiger partial charge in [-0.15, -0.1) is 0 Å². The average molecular weight is 423 g/mol. The second-order valence-electron chi connectivity index (χ2n) is 7.17. The molecular weight excluding hydrogens is 403 g/mol. The maximum atomic E-state index is 14.1. The van der Waals surface area contributed by atoms with Crippen LogP contribution in [0.4, 0.5) is 10.1 Å². The van der Waals surface area contributed by atoms with Crippen molar-refractivity contribution in [3.63, 3.8) is 0 Å². The minimum atomic E-state index is -3.97. The molecule has 0 saturated heterocycles. The molecule has 1 aliphatic heterocycles. The van der Waals surface area contributed by atoms with Gasteiger partial charge in [-0.1, -0.05) is 49.1 Å².